The Morgan fingerprint density at radius 1 is 1.03 bits per heavy atom. The molecule has 0 bridgehead atoms. The van der Waals surface area contributed by atoms with Crippen molar-refractivity contribution in [2.75, 3.05) is 10.5 Å². The summed E-state index contributed by atoms with van der Waals surface area (Å²) in [5, 5.41) is 4.77. The zero-order valence-electron chi connectivity index (χ0n) is 17.9. The quantitative estimate of drug-likeness (QED) is 0.444. The summed E-state index contributed by atoms with van der Waals surface area (Å²) in [5.41, 5.74) is 9.60. The summed E-state index contributed by atoms with van der Waals surface area (Å²) < 4.78 is 57.9. The number of nitrogens with zero attached hydrogens (tertiary/aromatic N) is 4. The van der Waals surface area contributed by atoms with Crippen molar-refractivity contribution in [3.63, 3.8) is 0 Å². The number of aromatic nitrogens is 4. The van der Waals surface area contributed by atoms with Gasteiger partial charge in [0, 0.05) is 35.2 Å². The van der Waals surface area contributed by atoms with E-state index < -0.39 is 26.6 Å². The molecule has 0 unspecified atom stereocenters. The monoisotopic (exact) mass is 482 g/mol. The lowest BCUT2D eigenvalue weighted by atomic mass is 9.99. The number of rotatable bonds is 5. The van der Waals surface area contributed by atoms with E-state index in [9.17, 15) is 17.2 Å². The second kappa shape index (κ2) is 8.49. The van der Waals surface area contributed by atoms with Crippen LogP contribution in [-0.2, 0) is 23.0 Å². The number of aryl methyl sites for hydroxylation is 1. The molecule has 3 N–H and O–H groups in total. The Hall–Kier alpha value is -3.86. The van der Waals surface area contributed by atoms with Gasteiger partial charge >= 0.3 is 0 Å². The van der Waals surface area contributed by atoms with E-state index in [0.717, 1.165) is 55.3 Å². The zero-order chi connectivity index (χ0) is 23.9. The summed E-state index contributed by atoms with van der Waals surface area (Å²) in [7, 11) is -4.51. The summed E-state index contributed by atoms with van der Waals surface area (Å²) in [6.07, 6.45) is 4.38. The third-order valence-corrected chi connectivity index (χ3v) is 7.03. The number of nitrogens with two attached hydrogens (primary N) is 1. The lowest BCUT2D eigenvalue weighted by Crippen LogP contribution is -2.16. The van der Waals surface area contributed by atoms with E-state index in [1.165, 1.54) is 6.07 Å². The first-order valence-electron chi connectivity index (χ1n) is 10.6. The van der Waals surface area contributed by atoms with Crippen LogP contribution < -0.4 is 10.5 Å². The summed E-state index contributed by atoms with van der Waals surface area (Å²) in [6, 6.07) is 11.1. The van der Waals surface area contributed by atoms with Gasteiger partial charge in [-0.3, -0.25) is 9.40 Å². The van der Waals surface area contributed by atoms with Crippen molar-refractivity contribution in [3.05, 3.63) is 72.1 Å². The number of nitrogens with one attached hydrogen (secondary N) is 1. The maximum Gasteiger partial charge on any atom is 0.267 e. The fraction of sp³-hybridized carbons (Fsp3) is 0.174. The Balaban J connectivity index is 1.59. The molecule has 5 rings (SSSR count). The van der Waals surface area contributed by atoms with Crippen molar-refractivity contribution in [2.24, 2.45) is 0 Å². The number of halogens is 2. The topological polar surface area (TPSA) is 116 Å². The van der Waals surface area contributed by atoms with Crippen molar-refractivity contribution in [2.45, 2.75) is 30.7 Å². The van der Waals surface area contributed by atoms with Crippen molar-refractivity contribution in [1.29, 1.82) is 0 Å². The molecule has 1 aliphatic rings. The standard InChI is InChI=1S/C23H20F2N6O2S/c24-16-7-4-8-17(25)22(16)34(32,33)30-15-6-3-5-14(13-15)21-20(18-10-11-27-23(26)28-18)19-9-1-2-12-31(19)29-21/h3-8,10-11,13,30H,1-2,9,12H2,(H2,26,27,28). The average Bonchev–Trinajstić information content (AvgIpc) is 3.18. The van der Waals surface area contributed by atoms with E-state index in [2.05, 4.69) is 14.7 Å². The van der Waals surface area contributed by atoms with Gasteiger partial charge in [0.2, 0.25) is 5.95 Å². The van der Waals surface area contributed by atoms with Crippen LogP contribution in [0.4, 0.5) is 20.4 Å². The van der Waals surface area contributed by atoms with E-state index in [1.807, 2.05) is 4.68 Å². The molecule has 0 amide bonds. The smallest absolute Gasteiger partial charge is 0.267 e. The minimum absolute atomic E-state index is 0.132. The van der Waals surface area contributed by atoms with E-state index in [4.69, 9.17) is 10.8 Å². The van der Waals surface area contributed by atoms with Crippen LogP contribution in [0.5, 0.6) is 0 Å². The maximum atomic E-state index is 14.1. The summed E-state index contributed by atoms with van der Waals surface area (Å²) in [5.74, 6) is -2.21. The van der Waals surface area contributed by atoms with Crippen molar-refractivity contribution >= 4 is 21.7 Å². The molecule has 0 radical (unpaired) electrons. The molecule has 0 saturated carbocycles. The molecular formula is C23H20F2N6O2S. The van der Waals surface area contributed by atoms with Crippen LogP contribution in [0.1, 0.15) is 18.5 Å². The van der Waals surface area contributed by atoms with Gasteiger partial charge in [-0.2, -0.15) is 5.10 Å². The normalized spacial score (nSPS) is 13.5. The van der Waals surface area contributed by atoms with E-state index in [0.29, 0.717) is 17.0 Å². The summed E-state index contributed by atoms with van der Waals surface area (Å²) >= 11 is 0. The van der Waals surface area contributed by atoms with Crippen LogP contribution in [-0.4, -0.2) is 28.2 Å². The van der Waals surface area contributed by atoms with Crippen LogP contribution in [0.25, 0.3) is 22.5 Å². The molecule has 2 aromatic heterocycles. The van der Waals surface area contributed by atoms with Crippen LogP contribution in [0.3, 0.4) is 0 Å². The molecule has 174 valence electrons. The van der Waals surface area contributed by atoms with Gasteiger partial charge in [0.1, 0.15) is 17.3 Å². The molecule has 34 heavy (non-hydrogen) atoms. The molecule has 8 nitrogen and oxygen atoms in total. The molecule has 3 heterocycles. The molecule has 0 spiro atoms. The number of anilines is 2. The van der Waals surface area contributed by atoms with Gasteiger partial charge in [0.25, 0.3) is 10.0 Å². The van der Waals surface area contributed by atoms with Crippen molar-refractivity contribution in [1.82, 2.24) is 19.7 Å². The minimum Gasteiger partial charge on any atom is -0.368 e. The van der Waals surface area contributed by atoms with E-state index in [1.54, 1.807) is 30.5 Å². The Labute approximate surface area is 194 Å². The van der Waals surface area contributed by atoms with Crippen molar-refractivity contribution < 1.29 is 17.2 Å². The van der Waals surface area contributed by atoms with Gasteiger partial charge in [0.05, 0.1) is 5.69 Å². The number of benzene rings is 2. The average molecular weight is 483 g/mol. The predicted molar refractivity (Wildman–Crippen MR) is 123 cm³/mol. The van der Waals surface area contributed by atoms with Gasteiger partial charge in [-0.1, -0.05) is 18.2 Å². The van der Waals surface area contributed by atoms with Crippen LogP contribution in [0.15, 0.2) is 59.6 Å². The van der Waals surface area contributed by atoms with Gasteiger partial charge in [-0.05, 0) is 49.6 Å². The maximum absolute atomic E-state index is 14.1. The fourth-order valence-corrected chi connectivity index (χ4v) is 5.34. The van der Waals surface area contributed by atoms with E-state index in [-0.39, 0.29) is 11.6 Å². The molecule has 0 atom stereocenters. The fourth-order valence-electron chi connectivity index (χ4n) is 4.15. The second-order valence-electron chi connectivity index (χ2n) is 7.89. The number of fused-ring (bicyclic) bond motifs is 1. The Morgan fingerprint density at radius 2 is 1.79 bits per heavy atom. The number of nitrogen functional groups attached to an aromatic ring is 1. The highest BCUT2D eigenvalue weighted by molar-refractivity contribution is 7.92. The number of sulfonamides is 1. The largest absolute Gasteiger partial charge is 0.368 e. The number of hydrogen-bond donors (Lipinski definition) is 2. The van der Waals surface area contributed by atoms with E-state index >= 15 is 0 Å². The molecule has 0 aliphatic carbocycles. The van der Waals surface area contributed by atoms with Gasteiger partial charge in [-0.15, -0.1) is 0 Å². The first kappa shape index (κ1) is 22.0. The minimum atomic E-state index is -4.51. The van der Waals surface area contributed by atoms with Crippen LogP contribution in [0.2, 0.25) is 0 Å². The molecular weight excluding hydrogens is 462 g/mol. The third kappa shape index (κ3) is 3.98. The van der Waals surface area contributed by atoms with Gasteiger partial charge < -0.3 is 5.73 Å². The molecule has 2 aromatic carbocycles. The highest BCUT2D eigenvalue weighted by Crippen LogP contribution is 2.37. The lowest BCUT2D eigenvalue weighted by Gasteiger charge is -2.14. The van der Waals surface area contributed by atoms with Crippen LogP contribution in [0, 0.1) is 11.6 Å². The highest BCUT2D eigenvalue weighted by atomic mass is 32.2. The Bertz CT molecular complexity index is 1480. The molecule has 0 fully saturated rings. The van der Waals surface area contributed by atoms with Crippen molar-refractivity contribution in [3.8, 4) is 22.5 Å². The molecule has 11 heteroatoms. The van der Waals surface area contributed by atoms with Crippen LogP contribution >= 0.6 is 0 Å². The Morgan fingerprint density at radius 3 is 2.56 bits per heavy atom. The second-order valence-corrected chi connectivity index (χ2v) is 9.51. The SMILES string of the molecule is Nc1nccc(-c2c(-c3cccc(NS(=O)(=O)c4c(F)cccc4F)c3)nn3c2CCCC3)n1. The zero-order valence-corrected chi connectivity index (χ0v) is 18.7. The lowest BCUT2D eigenvalue weighted by molar-refractivity contribution is 0.487. The number of hydrogen-bond acceptors (Lipinski definition) is 6. The highest BCUT2D eigenvalue weighted by Gasteiger charge is 2.26. The van der Waals surface area contributed by atoms with Gasteiger partial charge in [0.15, 0.2) is 4.90 Å². The molecule has 1 aliphatic heterocycles. The van der Waals surface area contributed by atoms with Gasteiger partial charge in [-0.25, -0.2) is 27.2 Å². The summed E-state index contributed by atoms with van der Waals surface area (Å²) in [6.45, 7) is 0.752. The first-order valence-corrected chi connectivity index (χ1v) is 12.1. The molecule has 0 saturated heterocycles. The Kier molecular flexibility index (Phi) is 5.48. The first-order chi connectivity index (χ1) is 16.3. The molecule has 4 aromatic rings. The summed E-state index contributed by atoms with van der Waals surface area (Å²) in [4.78, 5) is 7.30. The third-order valence-electron chi connectivity index (χ3n) is 5.60. The predicted octanol–water partition coefficient (Wildman–Crippen LogP) is 4.00.